The molecule has 0 fully saturated rings. The van der Waals surface area contributed by atoms with Crippen molar-refractivity contribution < 1.29 is 14.4 Å². The third-order valence-electron chi connectivity index (χ3n) is 2.55. The Bertz CT molecular complexity index is 641. The Labute approximate surface area is 118 Å². The Morgan fingerprint density at radius 2 is 2.25 bits per heavy atom. The molecule has 0 saturated carbocycles. The van der Waals surface area contributed by atoms with Gasteiger partial charge in [-0.05, 0) is 29.6 Å². The van der Waals surface area contributed by atoms with Crippen LogP contribution in [0.1, 0.15) is 10.4 Å². The zero-order valence-corrected chi connectivity index (χ0v) is 11.2. The Kier molecular flexibility index (Phi) is 4.31. The molecule has 7 heteroatoms. The van der Waals surface area contributed by atoms with Gasteiger partial charge in [-0.1, -0.05) is 11.2 Å². The van der Waals surface area contributed by atoms with E-state index in [1.54, 1.807) is 0 Å². The van der Waals surface area contributed by atoms with E-state index in [4.69, 9.17) is 10.9 Å². The first-order valence-corrected chi connectivity index (χ1v) is 6.58. The Morgan fingerprint density at radius 1 is 1.45 bits per heavy atom. The van der Waals surface area contributed by atoms with Gasteiger partial charge in [-0.3, -0.25) is 4.79 Å². The van der Waals surface area contributed by atoms with Gasteiger partial charge in [0.25, 0.3) is 0 Å². The van der Waals surface area contributed by atoms with Gasteiger partial charge in [0.05, 0.1) is 12.1 Å². The van der Waals surface area contributed by atoms with E-state index in [-0.39, 0.29) is 23.7 Å². The van der Waals surface area contributed by atoms with E-state index in [9.17, 15) is 9.18 Å². The zero-order valence-electron chi connectivity index (χ0n) is 10.3. The van der Waals surface area contributed by atoms with Crippen molar-refractivity contribution in [1.29, 1.82) is 0 Å². The molecule has 0 atom stereocenters. The molecule has 104 valence electrons. The maximum Gasteiger partial charge on any atom is 0.229 e. The summed E-state index contributed by atoms with van der Waals surface area (Å²) in [6.07, 6.45) is 0.213. The van der Waals surface area contributed by atoms with Crippen LogP contribution in [0.3, 0.4) is 0 Å². The number of benzene rings is 1. The molecule has 0 bridgehead atoms. The molecule has 2 rings (SSSR count). The van der Waals surface area contributed by atoms with Crippen molar-refractivity contribution in [3.05, 3.63) is 52.0 Å². The molecule has 20 heavy (non-hydrogen) atoms. The normalized spacial score (nSPS) is 11.3. The fourth-order valence-electron chi connectivity index (χ4n) is 1.66. The van der Waals surface area contributed by atoms with Crippen LogP contribution in [0.15, 0.2) is 40.9 Å². The molecule has 4 N–H and O–H groups in total. The number of amidine groups is 1. The van der Waals surface area contributed by atoms with E-state index in [0.717, 1.165) is 10.9 Å². The number of carbonyl (C=O) groups excluding carboxylic acids is 1. The second-order valence-corrected chi connectivity index (χ2v) is 5.01. The van der Waals surface area contributed by atoms with Gasteiger partial charge in [0.1, 0.15) is 5.82 Å². The number of halogens is 1. The van der Waals surface area contributed by atoms with Crippen molar-refractivity contribution in [1.82, 2.24) is 0 Å². The molecule has 1 heterocycles. The summed E-state index contributed by atoms with van der Waals surface area (Å²) in [5.74, 6) is -1.06. The summed E-state index contributed by atoms with van der Waals surface area (Å²) < 4.78 is 13.2. The molecular formula is C13H12FN3O2S. The van der Waals surface area contributed by atoms with Gasteiger partial charge in [-0.15, -0.1) is 11.3 Å². The van der Waals surface area contributed by atoms with Crippen LogP contribution in [0.25, 0.3) is 0 Å². The minimum atomic E-state index is -0.539. The highest BCUT2D eigenvalue weighted by molar-refractivity contribution is 7.10. The first kappa shape index (κ1) is 14.0. The van der Waals surface area contributed by atoms with E-state index in [1.165, 1.54) is 23.5 Å². The first-order chi connectivity index (χ1) is 9.60. The molecular weight excluding hydrogens is 281 g/mol. The molecule has 0 aliphatic carbocycles. The summed E-state index contributed by atoms with van der Waals surface area (Å²) in [5.41, 5.74) is 5.89. The molecule has 1 aromatic heterocycles. The number of nitrogens with two attached hydrogens (primary N) is 1. The van der Waals surface area contributed by atoms with E-state index in [1.807, 2.05) is 17.5 Å². The van der Waals surface area contributed by atoms with Crippen LogP contribution in [0.2, 0.25) is 0 Å². The summed E-state index contributed by atoms with van der Waals surface area (Å²) in [4.78, 5) is 12.8. The number of thiophene rings is 1. The Morgan fingerprint density at radius 3 is 2.90 bits per heavy atom. The summed E-state index contributed by atoms with van der Waals surface area (Å²) in [7, 11) is 0. The summed E-state index contributed by atoms with van der Waals surface area (Å²) in [5, 5.41) is 16.0. The molecule has 1 amide bonds. The number of hydrogen-bond acceptors (Lipinski definition) is 4. The third kappa shape index (κ3) is 3.33. The lowest BCUT2D eigenvalue weighted by atomic mass is 10.1. The number of nitrogens with zero attached hydrogens (tertiary/aromatic N) is 1. The third-order valence-corrected chi connectivity index (χ3v) is 3.43. The highest BCUT2D eigenvalue weighted by atomic mass is 32.1. The minimum Gasteiger partial charge on any atom is -0.409 e. The number of carbonyl (C=O) groups is 1. The Hall–Kier alpha value is -2.41. The quantitative estimate of drug-likeness (QED) is 0.349. The van der Waals surface area contributed by atoms with Crippen molar-refractivity contribution in [2.24, 2.45) is 10.9 Å². The number of amides is 1. The molecule has 0 aliphatic rings. The summed E-state index contributed by atoms with van der Waals surface area (Å²) in [6.45, 7) is 0. The monoisotopic (exact) mass is 293 g/mol. The second-order valence-electron chi connectivity index (χ2n) is 3.98. The highest BCUT2D eigenvalue weighted by Crippen LogP contribution is 2.18. The van der Waals surface area contributed by atoms with Crippen LogP contribution >= 0.6 is 11.3 Å². The van der Waals surface area contributed by atoms with Gasteiger partial charge in [-0.25, -0.2) is 4.39 Å². The summed E-state index contributed by atoms with van der Waals surface area (Å²) in [6, 6.07) is 7.35. The lowest BCUT2D eigenvalue weighted by molar-refractivity contribution is -0.115. The van der Waals surface area contributed by atoms with Crippen molar-refractivity contribution in [2.75, 3.05) is 5.32 Å². The Balaban J connectivity index is 2.18. The molecule has 5 nitrogen and oxygen atoms in total. The van der Waals surface area contributed by atoms with Crippen molar-refractivity contribution in [3.63, 3.8) is 0 Å². The molecule has 0 unspecified atom stereocenters. The van der Waals surface area contributed by atoms with Crippen LogP contribution in [-0.2, 0) is 11.2 Å². The van der Waals surface area contributed by atoms with Crippen LogP contribution in [-0.4, -0.2) is 17.0 Å². The number of nitrogens with one attached hydrogen (secondary N) is 1. The van der Waals surface area contributed by atoms with Gasteiger partial charge in [0.2, 0.25) is 5.91 Å². The highest BCUT2D eigenvalue weighted by Gasteiger charge is 2.12. The number of hydrogen-bond donors (Lipinski definition) is 3. The van der Waals surface area contributed by atoms with Gasteiger partial charge in [0, 0.05) is 10.4 Å². The van der Waals surface area contributed by atoms with Crippen LogP contribution in [0.5, 0.6) is 0 Å². The fraction of sp³-hybridized carbons (Fsp3) is 0.0769. The topological polar surface area (TPSA) is 87.7 Å². The molecule has 2 aromatic rings. The molecule has 0 radical (unpaired) electrons. The number of anilines is 1. The average Bonchev–Trinajstić information content (AvgIpc) is 2.92. The SMILES string of the molecule is N/C(=N/O)c1cc(F)ccc1NC(=O)Cc1cccs1. The molecule has 0 aliphatic heterocycles. The average molecular weight is 293 g/mol. The maximum absolute atomic E-state index is 13.2. The predicted octanol–water partition coefficient (Wildman–Crippen LogP) is 2.16. The molecule has 0 spiro atoms. The second kappa shape index (κ2) is 6.16. The van der Waals surface area contributed by atoms with Crippen molar-refractivity contribution >= 4 is 28.8 Å². The smallest absolute Gasteiger partial charge is 0.229 e. The van der Waals surface area contributed by atoms with Crippen LogP contribution in [0.4, 0.5) is 10.1 Å². The van der Waals surface area contributed by atoms with Crippen molar-refractivity contribution in [3.8, 4) is 0 Å². The lowest BCUT2D eigenvalue weighted by Crippen LogP contribution is -2.20. The van der Waals surface area contributed by atoms with E-state index in [2.05, 4.69) is 10.5 Å². The standard InChI is InChI=1S/C13H12FN3O2S/c14-8-3-4-11(10(6-8)13(15)17-19)16-12(18)7-9-2-1-5-20-9/h1-6,19H,7H2,(H2,15,17)(H,16,18). The van der Waals surface area contributed by atoms with Crippen molar-refractivity contribution in [2.45, 2.75) is 6.42 Å². The lowest BCUT2D eigenvalue weighted by Gasteiger charge is -2.10. The maximum atomic E-state index is 13.2. The minimum absolute atomic E-state index is 0.132. The van der Waals surface area contributed by atoms with E-state index < -0.39 is 5.82 Å². The van der Waals surface area contributed by atoms with E-state index >= 15 is 0 Å². The fourth-order valence-corrected chi connectivity index (χ4v) is 2.36. The number of oxime groups is 1. The van der Waals surface area contributed by atoms with Gasteiger partial charge >= 0.3 is 0 Å². The van der Waals surface area contributed by atoms with Gasteiger partial charge in [0.15, 0.2) is 5.84 Å². The summed E-state index contributed by atoms with van der Waals surface area (Å²) >= 11 is 1.47. The van der Waals surface area contributed by atoms with Gasteiger partial charge in [-0.2, -0.15) is 0 Å². The molecule has 0 saturated heterocycles. The number of rotatable bonds is 4. The molecule has 1 aromatic carbocycles. The van der Waals surface area contributed by atoms with E-state index in [0.29, 0.717) is 5.69 Å². The van der Waals surface area contributed by atoms with Crippen LogP contribution < -0.4 is 11.1 Å². The largest absolute Gasteiger partial charge is 0.409 e. The predicted molar refractivity (Wildman–Crippen MR) is 75.6 cm³/mol. The van der Waals surface area contributed by atoms with Crippen LogP contribution in [0, 0.1) is 5.82 Å². The zero-order chi connectivity index (χ0) is 14.5. The van der Waals surface area contributed by atoms with Gasteiger partial charge < -0.3 is 16.3 Å². The first-order valence-electron chi connectivity index (χ1n) is 5.70.